The Kier molecular flexibility index (Phi) is 14.0. The molecule has 0 heterocycles. The fourth-order valence-corrected chi connectivity index (χ4v) is 3.85. The van der Waals surface area contributed by atoms with Gasteiger partial charge in [0.1, 0.15) is 0 Å². The fraction of sp³-hybridized carbons (Fsp3) is 0.870. The van der Waals surface area contributed by atoms with Crippen molar-refractivity contribution >= 4 is 5.78 Å². The largest absolute Gasteiger partial charge is 0.396 e. The molecular formula is C23H42O2. The minimum Gasteiger partial charge on any atom is -0.396 e. The van der Waals surface area contributed by atoms with E-state index in [1.165, 1.54) is 89.0 Å². The average Bonchev–Trinajstić information content (AvgIpc) is 2.61. The Bertz CT molecular complexity index is 359. The normalized spacial score (nSPS) is 17.8. The summed E-state index contributed by atoms with van der Waals surface area (Å²) in [4.78, 5) is 11.5. The number of aliphatic hydroxyl groups excluding tert-OH is 1. The molecule has 25 heavy (non-hydrogen) atoms. The molecule has 1 rings (SSSR count). The Morgan fingerprint density at radius 2 is 1.24 bits per heavy atom. The molecule has 0 saturated carbocycles. The van der Waals surface area contributed by atoms with E-state index in [4.69, 9.17) is 5.11 Å². The van der Waals surface area contributed by atoms with Gasteiger partial charge in [-0.2, -0.15) is 0 Å². The highest BCUT2D eigenvalue weighted by molar-refractivity contribution is 5.91. The van der Waals surface area contributed by atoms with Crippen LogP contribution in [0.5, 0.6) is 0 Å². The summed E-state index contributed by atoms with van der Waals surface area (Å²) >= 11 is 0. The van der Waals surface area contributed by atoms with Gasteiger partial charge in [0.15, 0.2) is 5.78 Å². The van der Waals surface area contributed by atoms with Crippen LogP contribution < -0.4 is 0 Å². The van der Waals surface area contributed by atoms with Crippen molar-refractivity contribution in [1.82, 2.24) is 0 Å². The average molecular weight is 351 g/mol. The molecular weight excluding hydrogens is 308 g/mol. The van der Waals surface area contributed by atoms with Crippen LogP contribution >= 0.6 is 0 Å². The van der Waals surface area contributed by atoms with Gasteiger partial charge in [-0.3, -0.25) is 4.79 Å². The lowest BCUT2D eigenvalue weighted by molar-refractivity contribution is -0.115. The van der Waals surface area contributed by atoms with Crippen LogP contribution in [-0.2, 0) is 4.79 Å². The third-order valence-electron chi connectivity index (χ3n) is 5.68. The molecule has 0 aliphatic heterocycles. The van der Waals surface area contributed by atoms with Gasteiger partial charge in [0.25, 0.3) is 0 Å². The van der Waals surface area contributed by atoms with E-state index >= 15 is 0 Å². The predicted octanol–water partition coefficient (Wildman–Crippen LogP) is 6.76. The van der Waals surface area contributed by atoms with Crippen molar-refractivity contribution in [3.8, 4) is 0 Å². The number of aliphatic hydroxyl groups is 1. The number of hydrogen-bond acceptors (Lipinski definition) is 2. The van der Waals surface area contributed by atoms with Crippen LogP contribution in [0.3, 0.4) is 0 Å². The monoisotopic (exact) mass is 350 g/mol. The number of rotatable bonds is 16. The molecule has 0 saturated heterocycles. The summed E-state index contributed by atoms with van der Waals surface area (Å²) in [6.45, 7) is 2.63. The van der Waals surface area contributed by atoms with Crippen LogP contribution in [0.25, 0.3) is 0 Å². The van der Waals surface area contributed by atoms with E-state index in [0.29, 0.717) is 18.3 Å². The topological polar surface area (TPSA) is 37.3 Å². The minimum atomic E-state index is 0.346. The molecule has 1 unspecified atom stereocenters. The summed E-state index contributed by atoms with van der Waals surface area (Å²) in [5.41, 5.74) is 1.41. The number of carbonyl (C=O) groups is 1. The highest BCUT2D eigenvalue weighted by atomic mass is 16.2. The molecule has 2 nitrogen and oxygen atoms in total. The fourth-order valence-electron chi connectivity index (χ4n) is 3.85. The molecule has 0 aromatic heterocycles. The van der Waals surface area contributed by atoms with Crippen molar-refractivity contribution < 1.29 is 9.90 Å². The van der Waals surface area contributed by atoms with E-state index in [1.807, 2.05) is 6.08 Å². The van der Waals surface area contributed by atoms with Crippen LogP contribution in [0.4, 0.5) is 0 Å². The first-order valence-electron chi connectivity index (χ1n) is 11.1. The molecule has 2 heteroatoms. The Morgan fingerprint density at radius 3 is 1.72 bits per heavy atom. The molecule has 0 aromatic rings. The van der Waals surface area contributed by atoms with Crippen LogP contribution in [-0.4, -0.2) is 17.5 Å². The van der Waals surface area contributed by atoms with Gasteiger partial charge in [-0.15, -0.1) is 0 Å². The highest BCUT2D eigenvalue weighted by Gasteiger charge is 2.16. The van der Waals surface area contributed by atoms with Crippen LogP contribution in [0.1, 0.15) is 116 Å². The Hall–Kier alpha value is -0.630. The van der Waals surface area contributed by atoms with E-state index in [1.54, 1.807) is 0 Å². The summed E-state index contributed by atoms with van der Waals surface area (Å²) in [5, 5.41) is 8.72. The summed E-state index contributed by atoms with van der Waals surface area (Å²) in [6, 6.07) is 0. The van der Waals surface area contributed by atoms with Crippen LogP contribution in [0.2, 0.25) is 0 Å². The molecule has 1 aliphatic rings. The van der Waals surface area contributed by atoms with Gasteiger partial charge in [-0.05, 0) is 37.7 Å². The smallest absolute Gasteiger partial charge is 0.155 e. The first-order valence-corrected chi connectivity index (χ1v) is 11.1. The van der Waals surface area contributed by atoms with Gasteiger partial charge >= 0.3 is 0 Å². The third kappa shape index (κ3) is 12.4. The van der Waals surface area contributed by atoms with Crippen molar-refractivity contribution in [3.63, 3.8) is 0 Å². The first kappa shape index (κ1) is 22.4. The molecule has 0 spiro atoms. The van der Waals surface area contributed by atoms with Crippen molar-refractivity contribution in [2.75, 3.05) is 6.61 Å². The molecule has 0 aromatic carbocycles. The predicted molar refractivity (Wildman–Crippen MR) is 108 cm³/mol. The molecule has 0 amide bonds. The third-order valence-corrected chi connectivity index (χ3v) is 5.68. The standard InChI is InChI=1S/C23H42O2/c1-21-17-18-23(25)20-22(21)16-14-12-10-8-6-4-2-3-5-7-9-11-13-15-19-24/h20-21,24H,2-19H2,1H3. The minimum absolute atomic E-state index is 0.346. The van der Waals surface area contributed by atoms with Gasteiger partial charge < -0.3 is 5.11 Å². The zero-order valence-corrected chi connectivity index (χ0v) is 16.7. The van der Waals surface area contributed by atoms with E-state index < -0.39 is 0 Å². The number of carbonyl (C=O) groups excluding carboxylic acids is 1. The summed E-state index contributed by atoms with van der Waals surface area (Å²) < 4.78 is 0. The second-order valence-corrected chi connectivity index (χ2v) is 8.05. The lowest BCUT2D eigenvalue weighted by atomic mass is 9.85. The van der Waals surface area contributed by atoms with Gasteiger partial charge in [0.2, 0.25) is 0 Å². The quantitative estimate of drug-likeness (QED) is 0.312. The first-order chi connectivity index (χ1) is 12.2. The second-order valence-electron chi connectivity index (χ2n) is 8.05. The lowest BCUT2D eigenvalue weighted by Gasteiger charge is -2.19. The van der Waals surface area contributed by atoms with E-state index in [0.717, 1.165) is 25.7 Å². The van der Waals surface area contributed by atoms with Gasteiger partial charge in [0, 0.05) is 13.0 Å². The Morgan fingerprint density at radius 1 is 0.800 bits per heavy atom. The Balaban J connectivity index is 1.80. The number of hydrogen-bond donors (Lipinski definition) is 1. The summed E-state index contributed by atoms with van der Waals surface area (Å²) in [5.74, 6) is 0.977. The SMILES string of the molecule is CC1CCC(=O)C=C1CCCCCCCCCCCCCCCCO. The van der Waals surface area contributed by atoms with Crippen molar-refractivity contribution in [2.24, 2.45) is 5.92 Å². The molecule has 0 bridgehead atoms. The lowest BCUT2D eigenvalue weighted by Crippen LogP contribution is -2.11. The maximum absolute atomic E-state index is 11.5. The Labute approximate surface area is 156 Å². The van der Waals surface area contributed by atoms with Crippen LogP contribution in [0, 0.1) is 5.92 Å². The second kappa shape index (κ2) is 15.6. The molecule has 1 atom stereocenters. The van der Waals surface area contributed by atoms with E-state index in [9.17, 15) is 4.79 Å². The number of allylic oxidation sites excluding steroid dienone is 2. The number of ketones is 1. The van der Waals surface area contributed by atoms with Gasteiger partial charge in [0.05, 0.1) is 0 Å². The molecule has 146 valence electrons. The maximum atomic E-state index is 11.5. The zero-order chi connectivity index (χ0) is 18.2. The van der Waals surface area contributed by atoms with Crippen molar-refractivity contribution in [2.45, 2.75) is 116 Å². The molecule has 1 aliphatic carbocycles. The van der Waals surface area contributed by atoms with Gasteiger partial charge in [-0.25, -0.2) is 0 Å². The maximum Gasteiger partial charge on any atom is 0.155 e. The van der Waals surface area contributed by atoms with Crippen molar-refractivity contribution in [1.29, 1.82) is 0 Å². The van der Waals surface area contributed by atoms with E-state index in [-0.39, 0.29) is 0 Å². The highest BCUT2D eigenvalue weighted by Crippen LogP contribution is 2.27. The number of unbranched alkanes of at least 4 members (excludes halogenated alkanes) is 13. The summed E-state index contributed by atoms with van der Waals surface area (Å²) in [7, 11) is 0. The van der Waals surface area contributed by atoms with Crippen molar-refractivity contribution in [3.05, 3.63) is 11.6 Å². The molecule has 0 fully saturated rings. The molecule has 0 radical (unpaired) electrons. The molecule has 1 N–H and O–H groups in total. The zero-order valence-electron chi connectivity index (χ0n) is 16.7. The van der Waals surface area contributed by atoms with E-state index in [2.05, 4.69) is 6.92 Å². The van der Waals surface area contributed by atoms with Crippen LogP contribution in [0.15, 0.2) is 11.6 Å². The van der Waals surface area contributed by atoms with Gasteiger partial charge in [-0.1, -0.05) is 89.5 Å². The summed E-state index contributed by atoms with van der Waals surface area (Å²) in [6.07, 6.45) is 23.4.